The van der Waals surface area contributed by atoms with Crippen LogP contribution in [-0.4, -0.2) is 12.0 Å². The fraction of sp³-hybridized carbons (Fsp3) is 0.200. The highest BCUT2D eigenvalue weighted by atomic mass is 35.5. The minimum atomic E-state index is -0.449. The van der Waals surface area contributed by atoms with E-state index in [-0.39, 0.29) is 5.69 Å². The zero-order valence-electron chi connectivity index (χ0n) is 11.7. The van der Waals surface area contributed by atoms with Crippen LogP contribution in [-0.2, 0) is 6.54 Å². The number of nitrogens with zero attached hydrogens (tertiary/aromatic N) is 1. The van der Waals surface area contributed by atoms with Gasteiger partial charge in [0.1, 0.15) is 5.75 Å². The molecule has 21 heavy (non-hydrogen) atoms. The smallest absolute Gasteiger partial charge is 0.273 e. The SMILES string of the molecule is COc1cc([N+](=O)[O-])ccc1NCc1ccc(Cl)cc1C. The molecule has 5 nitrogen and oxygen atoms in total. The molecule has 0 aliphatic carbocycles. The van der Waals surface area contributed by atoms with Crippen molar-refractivity contribution in [3.05, 3.63) is 62.7 Å². The van der Waals surface area contributed by atoms with Gasteiger partial charge in [-0.1, -0.05) is 17.7 Å². The van der Waals surface area contributed by atoms with Crippen LogP contribution in [0.5, 0.6) is 5.75 Å². The summed E-state index contributed by atoms with van der Waals surface area (Å²) in [5.41, 5.74) is 2.88. The second-order valence-corrected chi connectivity index (χ2v) is 5.00. The Hall–Kier alpha value is -2.27. The van der Waals surface area contributed by atoms with E-state index in [9.17, 15) is 10.1 Å². The van der Waals surface area contributed by atoms with Crippen LogP contribution in [0.1, 0.15) is 11.1 Å². The van der Waals surface area contributed by atoms with E-state index in [1.807, 2.05) is 25.1 Å². The Bertz CT molecular complexity index is 674. The molecule has 0 fully saturated rings. The predicted molar refractivity (Wildman–Crippen MR) is 83.2 cm³/mol. The zero-order chi connectivity index (χ0) is 15.4. The van der Waals surface area contributed by atoms with Gasteiger partial charge in [-0.2, -0.15) is 0 Å². The van der Waals surface area contributed by atoms with Crippen LogP contribution in [0.2, 0.25) is 5.02 Å². The summed E-state index contributed by atoms with van der Waals surface area (Å²) in [6, 6.07) is 10.2. The lowest BCUT2D eigenvalue weighted by Gasteiger charge is -2.12. The fourth-order valence-corrected chi connectivity index (χ4v) is 2.21. The van der Waals surface area contributed by atoms with Crippen molar-refractivity contribution in [1.82, 2.24) is 0 Å². The van der Waals surface area contributed by atoms with E-state index >= 15 is 0 Å². The Kier molecular flexibility index (Phi) is 4.65. The molecule has 0 saturated carbocycles. The highest BCUT2D eigenvalue weighted by Crippen LogP contribution is 2.29. The number of nitro groups is 1. The molecule has 0 radical (unpaired) electrons. The summed E-state index contributed by atoms with van der Waals surface area (Å²) >= 11 is 5.92. The highest BCUT2D eigenvalue weighted by Gasteiger charge is 2.11. The first kappa shape index (κ1) is 15.1. The third kappa shape index (κ3) is 3.64. The summed E-state index contributed by atoms with van der Waals surface area (Å²) < 4.78 is 5.19. The standard InChI is InChI=1S/C15H15ClN2O3/c1-10-7-12(16)4-3-11(10)9-17-14-6-5-13(18(19)20)8-15(14)21-2/h3-8,17H,9H2,1-2H3. The summed E-state index contributed by atoms with van der Waals surface area (Å²) in [5, 5.41) is 14.7. The predicted octanol–water partition coefficient (Wildman–Crippen LogP) is 4.18. The molecule has 0 bridgehead atoms. The number of non-ortho nitro benzene ring substituents is 1. The van der Waals surface area contributed by atoms with E-state index in [2.05, 4.69) is 5.32 Å². The Balaban J connectivity index is 2.17. The minimum Gasteiger partial charge on any atom is -0.494 e. The van der Waals surface area contributed by atoms with E-state index in [1.54, 1.807) is 6.07 Å². The molecule has 0 heterocycles. The van der Waals surface area contributed by atoms with E-state index in [0.29, 0.717) is 23.0 Å². The number of hydrogen-bond donors (Lipinski definition) is 1. The molecule has 0 saturated heterocycles. The molecule has 0 aromatic heterocycles. The number of nitrogens with one attached hydrogen (secondary N) is 1. The third-order valence-electron chi connectivity index (χ3n) is 3.17. The molecule has 2 aromatic carbocycles. The van der Waals surface area contributed by atoms with Crippen LogP contribution in [0, 0.1) is 17.0 Å². The van der Waals surface area contributed by atoms with Crippen LogP contribution < -0.4 is 10.1 Å². The molecule has 0 unspecified atom stereocenters. The van der Waals surface area contributed by atoms with Gasteiger partial charge in [0.25, 0.3) is 5.69 Å². The lowest BCUT2D eigenvalue weighted by atomic mass is 10.1. The molecule has 0 aliphatic heterocycles. The average molecular weight is 307 g/mol. The van der Waals surface area contributed by atoms with Crippen molar-refractivity contribution in [3.63, 3.8) is 0 Å². The quantitative estimate of drug-likeness (QED) is 0.665. The minimum absolute atomic E-state index is 0.0000680. The molecule has 0 amide bonds. The summed E-state index contributed by atoms with van der Waals surface area (Å²) in [6.07, 6.45) is 0. The summed E-state index contributed by atoms with van der Waals surface area (Å²) in [7, 11) is 1.48. The van der Waals surface area contributed by atoms with Crippen LogP contribution in [0.15, 0.2) is 36.4 Å². The van der Waals surface area contributed by atoms with Gasteiger partial charge in [0.05, 0.1) is 23.8 Å². The largest absolute Gasteiger partial charge is 0.494 e. The van der Waals surface area contributed by atoms with Crippen molar-refractivity contribution in [1.29, 1.82) is 0 Å². The normalized spacial score (nSPS) is 10.2. The van der Waals surface area contributed by atoms with Gasteiger partial charge in [0.2, 0.25) is 0 Å². The second-order valence-electron chi connectivity index (χ2n) is 4.57. The molecule has 6 heteroatoms. The molecular weight excluding hydrogens is 292 g/mol. The lowest BCUT2D eigenvalue weighted by molar-refractivity contribution is -0.384. The molecule has 1 N–H and O–H groups in total. The van der Waals surface area contributed by atoms with E-state index < -0.39 is 4.92 Å². The van der Waals surface area contributed by atoms with Gasteiger partial charge in [-0.05, 0) is 36.2 Å². The molecule has 0 spiro atoms. The van der Waals surface area contributed by atoms with E-state index in [4.69, 9.17) is 16.3 Å². The van der Waals surface area contributed by atoms with Gasteiger partial charge < -0.3 is 10.1 Å². The van der Waals surface area contributed by atoms with Gasteiger partial charge in [-0.3, -0.25) is 10.1 Å². The maximum atomic E-state index is 10.8. The van der Waals surface area contributed by atoms with Crippen molar-refractivity contribution >= 4 is 23.0 Å². The molecule has 0 atom stereocenters. The van der Waals surface area contributed by atoms with Crippen molar-refractivity contribution < 1.29 is 9.66 Å². The highest BCUT2D eigenvalue weighted by molar-refractivity contribution is 6.30. The summed E-state index contributed by atoms with van der Waals surface area (Å²) in [4.78, 5) is 10.3. The number of ether oxygens (including phenoxy) is 1. The van der Waals surface area contributed by atoms with Gasteiger partial charge in [-0.25, -0.2) is 0 Å². The number of anilines is 1. The van der Waals surface area contributed by atoms with E-state index in [1.165, 1.54) is 19.2 Å². The maximum Gasteiger partial charge on any atom is 0.273 e. The Morgan fingerprint density at radius 2 is 2.05 bits per heavy atom. The second kappa shape index (κ2) is 6.45. The number of methoxy groups -OCH3 is 1. The van der Waals surface area contributed by atoms with Crippen molar-refractivity contribution in [2.24, 2.45) is 0 Å². The lowest BCUT2D eigenvalue weighted by Crippen LogP contribution is -2.03. The summed E-state index contributed by atoms with van der Waals surface area (Å²) in [6.45, 7) is 2.56. The number of benzene rings is 2. The monoisotopic (exact) mass is 306 g/mol. The number of hydrogen-bond acceptors (Lipinski definition) is 4. The fourth-order valence-electron chi connectivity index (χ4n) is 1.99. The van der Waals surface area contributed by atoms with Gasteiger partial charge in [0, 0.05) is 17.6 Å². The molecule has 110 valence electrons. The van der Waals surface area contributed by atoms with Crippen LogP contribution >= 0.6 is 11.6 Å². The number of rotatable bonds is 5. The zero-order valence-corrected chi connectivity index (χ0v) is 12.5. The van der Waals surface area contributed by atoms with Gasteiger partial charge >= 0.3 is 0 Å². The van der Waals surface area contributed by atoms with Crippen LogP contribution in [0.25, 0.3) is 0 Å². The Morgan fingerprint density at radius 1 is 1.29 bits per heavy atom. The molecular formula is C15H15ClN2O3. The maximum absolute atomic E-state index is 10.8. The third-order valence-corrected chi connectivity index (χ3v) is 3.40. The van der Waals surface area contributed by atoms with Crippen LogP contribution in [0.4, 0.5) is 11.4 Å². The van der Waals surface area contributed by atoms with Crippen LogP contribution in [0.3, 0.4) is 0 Å². The molecule has 0 aliphatic rings. The first-order chi connectivity index (χ1) is 10.0. The number of aryl methyl sites for hydroxylation is 1. The van der Waals surface area contributed by atoms with Crippen molar-refractivity contribution in [2.75, 3.05) is 12.4 Å². The van der Waals surface area contributed by atoms with Gasteiger partial charge in [-0.15, -0.1) is 0 Å². The number of halogens is 1. The first-order valence-electron chi connectivity index (χ1n) is 6.32. The Labute approximate surface area is 127 Å². The first-order valence-corrected chi connectivity index (χ1v) is 6.70. The van der Waals surface area contributed by atoms with Gasteiger partial charge in [0.15, 0.2) is 0 Å². The van der Waals surface area contributed by atoms with E-state index in [0.717, 1.165) is 11.1 Å². The molecule has 2 rings (SSSR count). The number of nitro benzene ring substituents is 1. The average Bonchev–Trinajstić information content (AvgIpc) is 2.46. The topological polar surface area (TPSA) is 64.4 Å². The molecule has 2 aromatic rings. The summed E-state index contributed by atoms with van der Waals surface area (Å²) in [5.74, 6) is 0.441. The van der Waals surface area contributed by atoms with Crippen molar-refractivity contribution in [2.45, 2.75) is 13.5 Å². The van der Waals surface area contributed by atoms with Crippen molar-refractivity contribution in [3.8, 4) is 5.75 Å². The Morgan fingerprint density at radius 3 is 2.67 bits per heavy atom.